The standard InChI is InChI=1S/C22H26BrN5O2.C15H21N5O2.C7H5BrO/c1-14-11-27(12-16-4-2-3-5-18(16)23)13-17(14)20-25-22(29)19-10-24-21(28(19)26-20)15-6-8-30-9-7-15;1-9-6-16-7-11(9)13-18-15(21)12-8-17-14(20(12)19-13)10-2-4-22-5-3-10;8-7-4-2-1-3-6(7)5-9/h2-5,10,14-15,17H,6-9,11-13H2,1H3,(H,25,26,29);8-11,16H,2-7H2,1H3,(H,18,19,21);1-5H. The number of carbonyl (C=O) groups is 1. The van der Waals surface area contributed by atoms with Gasteiger partial charge in [0.1, 0.15) is 23.3 Å². The number of halogens is 2. The number of nitrogens with one attached hydrogen (secondary N) is 3. The van der Waals surface area contributed by atoms with Crippen LogP contribution in [0.5, 0.6) is 0 Å². The average Bonchev–Trinajstić information content (AvgIpc) is 4.09. The molecular weight excluding hydrogens is 908 g/mol. The van der Waals surface area contributed by atoms with Crippen LogP contribution in [0.3, 0.4) is 0 Å². The van der Waals surface area contributed by atoms with E-state index in [9.17, 15) is 14.4 Å². The van der Waals surface area contributed by atoms with Gasteiger partial charge >= 0.3 is 0 Å². The summed E-state index contributed by atoms with van der Waals surface area (Å²) in [4.78, 5) is 52.8. The summed E-state index contributed by atoms with van der Waals surface area (Å²) in [5, 5.41) is 13.0. The van der Waals surface area contributed by atoms with Gasteiger partial charge in [-0.1, -0.05) is 82.1 Å². The van der Waals surface area contributed by atoms with Crippen molar-refractivity contribution >= 4 is 49.2 Å². The van der Waals surface area contributed by atoms with Crippen LogP contribution in [-0.4, -0.2) is 103 Å². The van der Waals surface area contributed by atoms with Gasteiger partial charge in [0.05, 0.1) is 12.4 Å². The third-order valence-electron chi connectivity index (χ3n) is 12.4. The van der Waals surface area contributed by atoms with Gasteiger partial charge in [-0.05, 0) is 61.8 Å². The highest BCUT2D eigenvalue weighted by Gasteiger charge is 2.34. The quantitative estimate of drug-likeness (QED) is 0.155. The lowest BCUT2D eigenvalue weighted by Crippen LogP contribution is -2.24. The van der Waals surface area contributed by atoms with E-state index in [1.807, 2.05) is 24.3 Å². The molecule has 4 unspecified atom stereocenters. The number of likely N-dealkylation sites (tertiary alicyclic amines) is 1. The first-order valence-corrected chi connectivity index (χ1v) is 22.7. The van der Waals surface area contributed by atoms with Gasteiger partial charge in [-0.2, -0.15) is 10.2 Å². The second kappa shape index (κ2) is 19.8. The zero-order valence-corrected chi connectivity index (χ0v) is 37.6. The van der Waals surface area contributed by atoms with Crippen molar-refractivity contribution in [1.82, 2.24) is 49.4 Å². The molecule has 0 amide bonds. The number of H-pyrrole nitrogens is 2. The van der Waals surface area contributed by atoms with E-state index in [4.69, 9.17) is 19.7 Å². The van der Waals surface area contributed by atoms with E-state index < -0.39 is 0 Å². The molecule has 15 nitrogen and oxygen atoms in total. The molecule has 17 heteroatoms. The first-order chi connectivity index (χ1) is 29.7. The van der Waals surface area contributed by atoms with Crippen LogP contribution in [0.15, 0.2) is 79.5 Å². The van der Waals surface area contributed by atoms with Gasteiger partial charge in [-0.15, -0.1) is 0 Å². The molecule has 6 aromatic rings. The Balaban J connectivity index is 0.000000144. The summed E-state index contributed by atoms with van der Waals surface area (Å²) in [6.07, 6.45) is 7.82. The predicted octanol–water partition coefficient (Wildman–Crippen LogP) is 6.21. The third kappa shape index (κ3) is 9.81. The number of rotatable bonds is 7. The van der Waals surface area contributed by atoms with E-state index >= 15 is 0 Å². The van der Waals surface area contributed by atoms with Crippen molar-refractivity contribution in [1.29, 1.82) is 0 Å². The zero-order chi connectivity index (χ0) is 42.5. The van der Waals surface area contributed by atoms with Crippen LogP contribution in [0.25, 0.3) is 11.0 Å². The number of ether oxygens (including phenoxy) is 2. The van der Waals surface area contributed by atoms with Crippen LogP contribution in [0.1, 0.15) is 102 Å². The van der Waals surface area contributed by atoms with Crippen molar-refractivity contribution in [3.63, 3.8) is 0 Å². The highest BCUT2D eigenvalue weighted by atomic mass is 79.9. The number of aromatic amines is 2. The lowest BCUT2D eigenvalue weighted by molar-refractivity contribution is 0.0831. The monoisotopic (exact) mass is 958 g/mol. The van der Waals surface area contributed by atoms with E-state index in [1.54, 1.807) is 27.5 Å². The van der Waals surface area contributed by atoms with E-state index in [0.717, 1.165) is 123 Å². The second-order valence-electron chi connectivity index (χ2n) is 16.5. The molecule has 61 heavy (non-hydrogen) atoms. The van der Waals surface area contributed by atoms with E-state index in [1.165, 1.54) is 5.56 Å². The van der Waals surface area contributed by atoms with Crippen molar-refractivity contribution in [3.05, 3.63) is 125 Å². The van der Waals surface area contributed by atoms with Crippen LogP contribution >= 0.6 is 31.9 Å². The molecule has 10 rings (SSSR count). The lowest BCUT2D eigenvalue weighted by atomic mass is 9.97. The summed E-state index contributed by atoms with van der Waals surface area (Å²) in [5.74, 6) is 5.23. The Kier molecular flexibility index (Phi) is 14.0. The molecule has 4 aliphatic heterocycles. The SMILES string of the molecule is CC1CN(Cc2ccccc2Br)CC1c1nn2c(C3CCOCC3)ncc2c(=O)[nH]1.CC1CNCC1c1nn2c(C3CCOCC3)ncc2c(=O)[nH]1.O=Cc1ccccc1Br. The molecule has 3 N–H and O–H groups in total. The smallest absolute Gasteiger partial charge is 0.276 e. The van der Waals surface area contributed by atoms with Gasteiger partial charge in [0.15, 0.2) is 17.3 Å². The summed E-state index contributed by atoms with van der Waals surface area (Å²) in [5.41, 5.74) is 2.81. The van der Waals surface area contributed by atoms with E-state index in [-0.39, 0.29) is 28.9 Å². The minimum atomic E-state index is -0.109. The summed E-state index contributed by atoms with van der Waals surface area (Å²) < 4.78 is 16.4. The van der Waals surface area contributed by atoms with Crippen LogP contribution in [0.2, 0.25) is 0 Å². The van der Waals surface area contributed by atoms with Gasteiger partial charge in [0.25, 0.3) is 11.1 Å². The van der Waals surface area contributed by atoms with E-state index in [0.29, 0.717) is 34.4 Å². The van der Waals surface area contributed by atoms with Crippen molar-refractivity contribution in [2.45, 2.75) is 69.7 Å². The molecule has 0 bridgehead atoms. The number of aldehydes is 1. The summed E-state index contributed by atoms with van der Waals surface area (Å²) >= 11 is 6.88. The summed E-state index contributed by atoms with van der Waals surface area (Å²) in [7, 11) is 0. The third-order valence-corrected chi connectivity index (χ3v) is 13.9. The minimum absolute atomic E-state index is 0.102. The molecule has 4 fully saturated rings. The first kappa shape index (κ1) is 43.3. The number of fused-ring (bicyclic) bond motifs is 2. The zero-order valence-electron chi connectivity index (χ0n) is 34.4. The Labute approximate surface area is 370 Å². The highest BCUT2D eigenvalue weighted by molar-refractivity contribution is 9.10. The van der Waals surface area contributed by atoms with Crippen LogP contribution in [0, 0.1) is 11.8 Å². The molecule has 0 spiro atoms. The Morgan fingerprint density at radius 2 is 1.25 bits per heavy atom. The Hall–Kier alpha value is -4.39. The molecule has 4 saturated heterocycles. The highest BCUT2D eigenvalue weighted by Crippen LogP contribution is 2.33. The molecule has 4 aromatic heterocycles. The number of benzene rings is 2. The normalized spacial score (nSPS) is 22.5. The van der Waals surface area contributed by atoms with Gasteiger partial charge in [-0.3, -0.25) is 19.3 Å². The van der Waals surface area contributed by atoms with Gasteiger partial charge in [0.2, 0.25) is 0 Å². The maximum atomic E-state index is 12.8. The van der Waals surface area contributed by atoms with Gasteiger partial charge in [-0.25, -0.2) is 19.0 Å². The largest absolute Gasteiger partial charge is 0.381 e. The second-order valence-corrected chi connectivity index (χ2v) is 18.2. The predicted molar refractivity (Wildman–Crippen MR) is 238 cm³/mol. The maximum absolute atomic E-state index is 12.8. The number of nitrogens with zero attached hydrogens (tertiary/aromatic N) is 7. The fraction of sp³-hybridized carbons (Fsp3) is 0.477. The number of imidazole rings is 2. The molecule has 322 valence electrons. The van der Waals surface area contributed by atoms with Crippen LogP contribution in [-0.2, 0) is 16.0 Å². The van der Waals surface area contributed by atoms with Crippen LogP contribution < -0.4 is 16.4 Å². The topological polar surface area (TPSA) is 177 Å². The van der Waals surface area contributed by atoms with Crippen molar-refractivity contribution in [3.8, 4) is 0 Å². The lowest BCUT2D eigenvalue weighted by Gasteiger charge is -2.21. The molecule has 0 saturated carbocycles. The summed E-state index contributed by atoms with van der Waals surface area (Å²) in [6.45, 7) is 11.9. The first-order valence-electron chi connectivity index (χ1n) is 21.2. The molecular formula is C44H52Br2N10O5. The average molecular weight is 961 g/mol. The van der Waals surface area contributed by atoms with Gasteiger partial charge < -0.3 is 24.8 Å². The number of aromatic nitrogens is 8. The summed E-state index contributed by atoms with van der Waals surface area (Å²) in [6, 6.07) is 15.6. The van der Waals surface area contributed by atoms with Crippen molar-refractivity contribution in [2.24, 2.45) is 11.8 Å². The number of carbonyl (C=O) groups excluding carboxylic acids is 1. The fourth-order valence-corrected chi connectivity index (χ4v) is 9.62. The maximum Gasteiger partial charge on any atom is 0.276 e. The Bertz CT molecular complexity index is 2560. The molecule has 0 aliphatic carbocycles. The fourth-order valence-electron chi connectivity index (χ4n) is 8.83. The molecule has 4 aliphatic rings. The molecule has 8 heterocycles. The van der Waals surface area contributed by atoms with Crippen molar-refractivity contribution < 1.29 is 14.3 Å². The van der Waals surface area contributed by atoms with Crippen molar-refractivity contribution in [2.75, 3.05) is 52.6 Å². The van der Waals surface area contributed by atoms with E-state index in [2.05, 4.69) is 94.1 Å². The molecule has 4 atom stereocenters. The van der Waals surface area contributed by atoms with Crippen LogP contribution in [0.4, 0.5) is 0 Å². The Morgan fingerprint density at radius 3 is 1.75 bits per heavy atom. The van der Waals surface area contributed by atoms with Gasteiger partial charge in [0, 0.05) is 90.8 Å². The molecule has 0 radical (unpaired) electrons. The molecule has 2 aromatic carbocycles. The Morgan fingerprint density at radius 1 is 0.705 bits per heavy atom. The number of hydrogen-bond acceptors (Lipinski definition) is 11. The minimum Gasteiger partial charge on any atom is -0.381 e. The number of hydrogen-bond donors (Lipinski definition) is 3.